The summed E-state index contributed by atoms with van der Waals surface area (Å²) in [5.41, 5.74) is 0.865. The molecule has 1 aromatic rings. The summed E-state index contributed by atoms with van der Waals surface area (Å²) >= 11 is 1.69. The fourth-order valence-electron chi connectivity index (χ4n) is 2.27. The molecule has 0 saturated heterocycles. The number of hydrogen-bond acceptors (Lipinski definition) is 4. The van der Waals surface area contributed by atoms with Crippen molar-refractivity contribution in [2.75, 3.05) is 0 Å². The second kappa shape index (κ2) is 9.40. The molecule has 3 nitrogen and oxygen atoms in total. The summed E-state index contributed by atoms with van der Waals surface area (Å²) in [7, 11) is 0. The van der Waals surface area contributed by atoms with Crippen molar-refractivity contribution < 1.29 is 5.21 Å². The highest BCUT2D eigenvalue weighted by molar-refractivity contribution is 8.00. The molecule has 0 amide bonds. The van der Waals surface area contributed by atoms with Crippen LogP contribution in [0.15, 0.2) is 58.9 Å². The molecule has 0 bridgehead atoms. The Morgan fingerprint density at radius 2 is 1.81 bits per heavy atom. The SMILES string of the molecule is O/N=C1/CC/C=C/CC/C=C/CC[C@H]1Sc1ccccn1. The average Bonchev–Trinajstić information content (AvgIpc) is 2.51. The normalized spacial score (nSPS) is 25.7. The summed E-state index contributed by atoms with van der Waals surface area (Å²) in [6.45, 7) is 0. The molecule has 0 saturated carbocycles. The molecular weight excluding hydrogens is 280 g/mol. The minimum Gasteiger partial charge on any atom is -0.411 e. The van der Waals surface area contributed by atoms with E-state index in [2.05, 4.69) is 34.4 Å². The Bertz CT molecular complexity index is 497. The lowest BCUT2D eigenvalue weighted by Crippen LogP contribution is -2.17. The predicted octanol–water partition coefficient (Wildman–Crippen LogP) is 4.84. The predicted molar refractivity (Wildman–Crippen MR) is 89.1 cm³/mol. The number of oxime groups is 1. The van der Waals surface area contributed by atoms with Crippen LogP contribution >= 0.6 is 11.8 Å². The molecule has 1 atom stereocenters. The second-order valence-electron chi connectivity index (χ2n) is 5.00. The highest BCUT2D eigenvalue weighted by Gasteiger charge is 2.18. The first-order chi connectivity index (χ1) is 10.4. The van der Waals surface area contributed by atoms with Gasteiger partial charge in [-0.3, -0.25) is 0 Å². The van der Waals surface area contributed by atoms with Gasteiger partial charge in [-0.15, -0.1) is 0 Å². The largest absolute Gasteiger partial charge is 0.411 e. The Morgan fingerprint density at radius 1 is 1.05 bits per heavy atom. The number of aromatic nitrogens is 1. The zero-order valence-corrected chi connectivity index (χ0v) is 13.0. The van der Waals surface area contributed by atoms with E-state index in [0.29, 0.717) is 0 Å². The molecule has 0 aromatic carbocycles. The van der Waals surface area contributed by atoms with Crippen LogP contribution in [-0.4, -0.2) is 21.2 Å². The topological polar surface area (TPSA) is 45.5 Å². The standard InChI is InChI=1S/C17H22N2OS/c20-19-15-11-7-5-3-1-2-4-6-8-12-16(15)21-17-13-9-10-14-18-17/h3-6,9-10,13-14,16,20H,1-2,7-8,11-12H2/b5-3+,6-4+,19-15-/t16-/m1/s1. The van der Waals surface area contributed by atoms with Gasteiger partial charge in [0.25, 0.3) is 0 Å². The molecule has 112 valence electrons. The zero-order chi connectivity index (χ0) is 14.8. The van der Waals surface area contributed by atoms with Crippen LogP contribution in [0.25, 0.3) is 0 Å². The van der Waals surface area contributed by atoms with Crippen LogP contribution in [0.3, 0.4) is 0 Å². The maximum absolute atomic E-state index is 9.36. The van der Waals surface area contributed by atoms with Gasteiger partial charge >= 0.3 is 0 Å². The molecule has 1 aromatic heterocycles. The van der Waals surface area contributed by atoms with Gasteiger partial charge in [0, 0.05) is 6.20 Å². The number of thioether (sulfide) groups is 1. The molecule has 1 aliphatic carbocycles. The molecular formula is C17H22N2OS. The quantitative estimate of drug-likeness (QED) is 0.483. The summed E-state index contributed by atoms with van der Waals surface area (Å²) in [5.74, 6) is 0. The monoisotopic (exact) mass is 302 g/mol. The van der Waals surface area contributed by atoms with Crippen molar-refractivity contribution in [1.82, 2.24) is 4.98 Å². The minimum absolute atomic E-state index is 0.183. The lowest BCUT2D eigenvalue weighted by atomic mass is 10.1. The van der Waals surface area contributed by atoms with E-state index in [1.807, 2.05) is 18.2 Å². The van der Waals surface area contributed by atoms with E-state index in [9.17, 15) is 5.21 Å². The van der Waals surface area contributed by atoms with Gasteiger partial charge in [0.15, 0.2) is 0 Å². The van der Waals surface area contributed by atoms with Crippen LogP contribution in [0.2, 0.25) is 0 Å². The van der Waals surface area contributed by atoms with Gasteiger partial charge in [0.2, 0.25) is 0 Å². The van der Waals surface area contributed by atoms with Gasteiger partial charge in [-0.2, -0.15) is 0 Å². The fraction of sp³-hybridized carbons (Fsp3) is 0.412. The van der Waals surface area contributed by atoms with E-state index < -0.39 is 0 Å². The van der Waals surface area contributed by atoms with Crippen LogP contribution in [0.1, 0.15) is 38.5 Å². The first-order valence-electron chi connectivity index (χ1n) is 7.48. The third-order valence-corrected chi connectivity index (χ3v) is 4.67. The molecule has 0 spiro atoms. The highest BCUT2D eigenvalue weighted by Crippen LogP contribution is 2.27. The molecule has 4 heteroatoms. The molecule has 2 rings (SSSR count). The first-order valence-corrected chi connectivity index (χ1v) is 8.36. The van der Waals surface area contributed by atoms with Gasteiger partial charge in [0.1, 0.15) is 0 Å². The molecule has 0 fully saturated rings. The van der Waals surface area contributed by atoms with Crippen LogP contribution in [0.4, 0.5) is 0 Å². The van der Waals surface area contributed by atoms with Crippen molar-refractivity contribution in [3.63, 3.8) is 0 Å². The van der Waals surface area contributed by atoms with Crippen molar-refractivity contribution in [2.24, 2.45) is 5.16 Å². The van der Waals surface area contributed by atoms with Gasteiger partial charge in [0.05, 0.1) is 16.0 Å². The van der Waals surface area contributed by atoms with E-state index in [-0.39, 0.29) is 5.25 Å². The molecule has 1 N–H and O–H groups in total. The zero-order valence-electron chi connectivity index (χ0n) is 12.2. The Kier molecular flexibility index (Phi) is 7.08. The van der Waals surface area contributed by atoms with E-state index >= 15 is 0 Å². The third kappa shape index (κ3) is 5.76. The smallest absolute Gasteiger partial charge is 0.0966 e. The van der Waals surface area contributed by atoms with Gasteiger partial charge in [-0.25, -0.2) is 4.98 Å². The van der Waals surface area contributed by atoms with Crippen LogP contribution in [0, 0.1) is 0 Å². The Balaban J connectivity index is 2.08. The molecule has 1 aliphatic rings. The third-order valence-electron chi connectivity index (χ3n) is 3.40. The highest BCUT2D eigenvalue weighted by atomic mass is 32.2. The van der Waals surface area contributed by atoms with Gasteiger partial charge in [-0.05, 0) is 50.7 Å². The molecule has 0 aliphatic heterocycles. The van der Waals surface area contributed by atoms with Crippen molar-refractivity contribution in [2.45, 2.75) is 48.8 Å². The van der Waals surface area contributed by atoms with Gasteiger partial charge < -0.3 is 5.21 Å². The van der Waals surface area contributed by atoms with Crippen LogP contribution in [0.5, 0.6) is 0 Å². The van der Waals surface area contributed by atoms with Crippen molar-refractivity contribution in [3.05, 3.63) is 48.7 Å². The van der Waals surface area contributed by atoms with E-state index in [1.165, 1.54) is 0 Å². The lowest BCUT2D eigenvalue weighted by molar-refractivity contribution is 0.316. The van der Waals surface area contributed by atoms with Gasteiger partial charge in [-0.1, -0.05) is 47.3 Å². The van der Waals surface area contributed by atoms with E-state index in [1.54, 1.807) is 18.0 Å². The van der Waals surface area contributed by atoms with Crippen LogP contribution in [-0.2, 0) is 0 Å². The summed E-state index contributed by atoms with van der Waals surface area (Å²) in [6, 6.07) is 5.91. The van der Waals surface area contributed by atoms with Crippen molar-refractivity contribution in [1.29, 1.82) is 0 Å². The van der Waals surface area contributed by atoms with E-state index in [0.717, 1.165) is 49.3 Å². The minimum atomic E-state index is 0.183. The Morgan fingerprint density at radius 3 is 2.52 bits per heavy atom. The summed E-state index contributed by atoms with van der Waals surface area (Å²) in [4.78, 5) is 4.37. The Labute approximate surface area is 130 Å². The molecule has 1 heterocycles. The number of hydrogen-bond donors (Lipinski definition) is 1. The maximum Gasteiger partial charge on any atom is 0.0966 e. The lowest BCUT2D eigenvalue weighted by Gasteiger charge is -2.16. The molecule has 21 heavy (non-hydrogen) atoms. The summed E-state index contributed by atoms with van der Waals surface area (Å²) in [6.07, 6.45) is 16.6. The fourth-order valence-corrected chi connectivity index (χ4v) is 3.40. The number of nitrogens with zero attached hydrogens (tertiary/aromatic N) is 2. The van der Waals surface area contributed by atoms with Crippen molar-refractivity contribution >= 4 is 17.5 Å². The molecule has 0 radical (unpaired) electrons. The Hall–Kier alpha value is -1.55. The summed E-state index contributed by atoms with van der Waals surface area (Å²) < 4.78 is 0. The molecule has 0 unspecified atom stereocenters. The van der Waals surface area contributed by atoms with E-state index in [4.69, 9.17) is 0 Å². The first kappa shape index (κ1) is 15.8. The second-order valence-corrected chi connectivity index (χ2v) is 6.23. The van der Waals surface area contributed by atoms with Crippen LogP contribution < -0.4 is 0 Å². The maximum atomic E-state index is 9.36. The average molecular weight is 302 g/mol. The number of pyridine rings is 1. The van der Waals surface area contributed by atoms with Crippen molar-refractivity contribution in [3.8, 4) is 0 Å². The number of allylic oxidation sites excluding steroid dienone is 4. The summed E-state index contributed by atoms with van der Waals surface area (Å²) in [5, 5.41) is 14.1. The number of rotatable bonds is 2.